The zero-order valence-corrected chi connectivity index (χ0v) is 4.21. The van der Waals surface area contributed by atoms with Crippen molar-refractivity contribution in [3.8, 4) is 0 Å². The van der Waals surface area contributed by atoms with Gasteiger partial charge >= 0.3 is 0 Å². The fourth-order valence-electron chi connectivity index (χ4n) is 0. The highest BCUT2D eigenvalue weighted by Crippen LogP contribution is 2.07. The fraction of sp³-hybridized carbons (Fsp3) is 1.00. The third kappa shape index (κ3) is 0. The Hall–Kier alpha value is 0. The maximum Gasteiger partial charge on any atom is 0.0236 e. The second-order valence-electron chi connectivity index (χ2n) is 2.56. The lowest BCUT2D eigenvalue weighted by Gasteiger charge is -2.05. The highest BCUT2D eigenvalue weighted by molar-refractivity contribution is 4.47. The summed E-state index contributed by atoms with van der Waals surface area (Å²) in [6.07, 6.45) is 0. The molecule has 0 atom stereocenters. The van der Waals surface area contributed by atoms with E-state index in [1.807, 2.05) is 0 Å². The normalized spacial score (nSPS) is 14.6. The molecule has 0 heterocycles. The van der Waals surface area contributed by atoms with Crippen molar-refractivity contribution in [1.82, 2.24) is 0 Å². The van der Waals surface area contributed by atoms with Gasteiger partial charge in [-0.05, 0) is 5.41 Å². The lowest BCUT2D eigenvalue weighted by Crippen LogP contribution is -1.93. The minimum atomic E-state index is 0.208. The fourth-order valence-corrected chi connectivity index (χ4v) is 0. The van der Waals surface area contributed by atoms with Crippen molar-refractivity contribution >= 4 is 0 Å². The molecule has 0 spiro atoms. The zero-order valence-electron chi connectivity index (χ0n) is 5.21. The van der Waals surface area contributed by atoms with Gasteiger partial charge in [-0.2, -0.15) is 0 Å². The molecule has 0 rings (SSSR count). The number of hydrogen-bond acceptors (Lipinski definition) is 0. The summed E-state index contributed by atoms with van der Waals surface area (Å²) in [5.41, 5.74) is 0.208. The Bertz CT molecular complexity index is 33.7. The van der Waals surface area contributed by atoms with Crippen LogP contribution in [0.2, 0.25) is 0 Å². The van der Waals surface area contributed by atoms with Crippen molar-refractivity contribution in [2.75, 3.05) is 0 Å². The van der Waals surface area contributed by atoms with Gasteiger partial charge in [0.25, 0.3) is 0 Å². The lowest BCUT2D eigenvalue weighted by molar-refractivity contribution is 0.469. The van der Waals surface area contributed by atoms with Crippen LogP contribution in [0.5, 0.6) is 0 Å². The Kier molecular flexibility index (Phi) is 0.640. The highest BCUT2D eigenvalue weighted by atomic mass is 14.0. The van der Waals surface area contributed by atoms with Crippen molar-refractivity contribution < 1.29 is 1.37 Å². The molecule has 0 unspecified atom stereocenters. The Balaban J connectivity index is 3.17. The van der Waals surface area contributed by atoms with Crippen LogP contribution in [-0.2, 0) is 0 Å². The molecular weight excluding hydrogens is 60.1 g/mol. The largest absolute Gasteiger partial charge is 0.0604 e. The van der Waals surface area contributed by atoms with E-state index >= 15 is 0 Å². The Morgan fingerprint density at radius 1 is 1.40 bits per heavy atom. The van der Waals surface area contributed by atoms with Gasteiger partial charge in [0.15, 0.2) is 0 Å². The molecule has 32 valence electrons. The predicted octanol–water partition coefficient (Wildman–Crippen LogP) is 2.05. The second-order valence-corrected chi connectivity index (χ2v) is 2.56. The van der Waals surface area contributed by atoms with E-state index in [9.17, 15) is 0 Å². The molecule has 0 aliphatic heterocycles. The van der Waals surface area contributed by atoms with Crippen LogP contribution in [-0.4, -0.2) is 0 Å². The average Bonchev–Trinajstić information content (AvgIpc) is 1.35. The summed E-state index contributed by atoms with van der Waals surface area (Å²) in [7, 11) is 0. The Morgan fingerprint density at radius 3 is 1.60 bits per heavy atom. The first-order chi connectivity index (χ1) is 2.56. The van der Waals surface area contributed by atoms with Crippen molar-refractivity contribution in [3.63, 3.8) is 0 Å². The summed E-state index contributed by atoms with van der Waals surface area (Å²) in [6, 6.07) is 0. The van der Waals surface area contributed by atoms with Crippen molar-refractivity contribution in [2.24, 2.45) is 5.41 Å². The van der Waals surface area contributed by atoms with E-state index in [0.29, 0.717) is 6.90 Å². The molecule has 0 nitrogen and oxygen atoms in total. The molecule has 0 radical (unpaired) electrons. The molecule has 0 aromatic heterocycles. The van der Waals surface area contributed by atoms with Crippen molar-refractivity contribution in [3.05, 3.63) is 0 Å². The van der Waals surface area contributed by atoms with Crippen LogP contribution >= 0.6 is 0 Å². The molecule has 0 aromatic rings. The van der Waals surface area contributed by atoms with E-state index in [-0.39, 0.29) is 5.41 Å². The van der Waals surface area contributed by atoms with Gasteiger partial charge in [0.2, 0.25) is 0 Å². The molecule has 5 heavy (non-hydrogen) atoms. The van der Waals surface area contributed by atoms with Gasteiger partial charge in [-0.3, -0.25) is 0 Å². The summed E-state index contributed by atoms with van der Waals surface area (Å²) < 4.78 is 6.85. The Labute approximate surface area is 35.6 Å². The first kappa shape index (κ1) is 3.20. The highest BCUT2D eigenvalue weighted by Gasteiger charge is 1.95. The Morgan fingerprint density at radius 2 is 1.60 bits per heavy atom. The van der Waals surface area contributed by atoms with Gasteiger partial charge in [0.1, 0.15) is 0 Å². The molecule has 0 aliphatic carbocycles. The molecule has 0 heteroatoms. The number of hydrogen-bond donors (Lipinski definition) is 0. The molecule has 0 N–H and O–H groups in total. The number of rotatable bonds is 0. The van der Waals surface area contributed by atoms with Crippen LogP contribution in [0.15, 0.2) is 0 Å². The topological polar surface area (TPSA) is 0 Å². The predicted molar refractivity (Wildman–Crippen MR) is 25.1 cm³/mol. The van der Waals surface area contributed by atoms with E-state index in [1.165, 1.54) is 0 Å². The second kappa shape index (κ2) is 1.00. The average molecular weight is 73.2 g/mol. The van der Waals surface area contributed by atoms with Crippen LogP contribution < -0.4 is 0 Å². The van der Waals surface area contributed by atoms with Crippen molar-refractivity contribution in [1.29, 1.82) is 0 Å². The van der Waals surface area contributed by atoms with Gasteiger partial charge in [-0.25, -0.2) is 0 Å². The van der Waals surface area contributed by atoms with E-state index in [1.54, 1.807) is 0 Å². The molecular formula is C5H12. The molecule has 0 aliphatic rings. The first-order valence-electron chi connectivity index (χ1n) is 2.56. The third-order valence-electron chi connectivity index (χ3n) is 0. The summed E-state index contributed by atoms with van der Waals surface area (Å²) in [4.78, 5) is 0. The monoisotopic (exact) mass is 73.1 g/mol. The molecule has 0 saturated heterocycles. The van der Waals surface area contributed by atoms with E-state index < -0.39 is 0 Å². The first-order valence-corrected chi connectivity index (χ1v) is 1.85. The zero-order chi connectivity index (χ0) is 5.21. The van der Waals surface area contributed by atoms with Crippen LogP contribution in [0.4, 0.5) is 0 Å². The smallest absolute Gasteiger partial charge is 0.0236 e. The standard InChI is InChI=1S/C5H12/c1-5(2,3)4/h1-4H3/i1D. The van der Waals surface area contributed by atoms with Crippen molar-refractivity contribution in [2.45, 2.75) is 27.7 Å². The SMILES string of the molecule is [2H]CC(C)(C)C. The lowest BCUT2D eigenvalue weighted by atomic mass is 10.0. The maximum absolute atomic E-state index is 6.85. The van der Waals surface area contributed by atoms with E-state index in [2.05, 4.69) is 20.8 Å². The van der Waals surface area contributed by atoms with Crippen LogP contribution in [0, 0.1) is 5.41 Å². The van der Waals surface area contributed by atoms with Gasteiger partial charge in [-0.1, -0.05) is 27.7 Å². The molecule has 0 saturated carbocycles. The van der Waals surface area contributed by atoms with Crippen LogP contribution in [0.25, 0.3) is 0 Å². The summed E-state index contributed by atoms with van der Waals surface area (Å²) in [5.74, 6) is 0. The molecule has 0 bridgehead atoms. The van der Waals surface area contributed by atoms with Gasteiger partial charge in [0.05, 0.1) is 0 Å². The summed E-state index contributed by atoms with van der Waals surface area (Å²) >= 11 is 0. The van der Waals surface area contributed by atoms with Gasteiger partial charge in [0, 0.05) is 1.37 Å². The molecule has 0 aromatic carbocycles. The third-order valence-corrected chi connectivity index (χ3v) is 0. The van der Waals surface area contributed by atoms with Crippen LogP contribution in [0.1, 0.15) is 29.0 Å². The summed E-state index contributed by atoms with van der Waals surface area (Å²) in [6.45, 7) is 6.69. The van der Waals surface area contributed by atoms with Gasteiger partial charge in [-0.15, -0.1) is 0 Å². The van der Waals surface area contributed by atoms with E-state index in [4.69, 9.17) is 1.37 Å². The summed E-state index contributed by atoms with van der Waals surface area (Å²) in [5, 5.41) is 0. The van der Waals surface area contributed by atoms with Crippen LogP contribution in [0.3, 0.4) is 0 Å². The van der Waals surface area contributed by atoms with E-state index in [0.717, 1.165) is 0 Å². The minimum absolute atomic E-state index is 0.208. The van der Waals surface area contributed by atoms with Gasteiger partial charge < -0.3 is 0 Å². The minimum Gasteiger partial charge on any atom is -0.0604 e. The quantitative estimate of drug-likeness (QED) is 0.411. The molecule has 0 fully saturated rings. The molecule has 0 amide bonds. The maximum atomic E-state index is 6.85.